The van der Waals surface area contributed by atoms with E-state index in [1.165, 1.54) is 0 Å². The molecule has 0 saturated carbocycles. The van der Waals surface area contributed by atoms with Crippen LogP contribution in [-0.4, -0.2) is 18.6 Å². The van der Waals surface area contributed by atoms with Gasteiger partial charge in [-0.25, -0.2) is 0 Å². The summed E-state index contributed by atoms with van der Waals surface area (Å²) in [7, 11) is 0.404. The van der Waals surface area contributed by atoms with Crippen LogP contribution in [0.4, 0.5) is 0 Å². The molecule has 1 aliphatic heterocycles. The maximum Gasteiger partial charge on any atom is 0.363 e. The molecule has 1 fully saturated rings. The molecule has 0 N–H and O–H groups in total. The zero-order valence-electron chi connectivity index (χ0n) is 2.39. The molecule has 0 aromatic carbocycles. The van der Waals surface area contributed by atoms with Gasteiger partial charge in [0.2, 0.25) is 0 Å². The average molecular weight is 92.2 g/mol. The van der Waals surface area contributed by atoms with Gasteiger partial charge in [0.05, 0.1) is 9.76 Å². The zero-order chi connectivity index (χ0) is 2.99. The van der Waals surface area contributed by atoms with Gasteiger partial charge in [-0.2, -0.15) is 0 Å². The van der Waals surface area contributed by atoms with E-state index in [1.54, 1.807) is 0 Å². The molecule has 0 bridgehead atoms. The van der Waals surface area contributed by atoms with Crippen LogP contribution in [0.2, 0.25) is 0 Å². The summed E-state index contributed by atoms with van der Waals surface area (Å²) < 4.78 is 8.82. The standard InChI is InChI=1S/H4O2Si2/c3-4-1-2-4/h4H,3H3. The van der Waals surface area contributed by atoms with E-state index in [-0.39, 0.29) is 0 Å². The Morgan fingerprint density at radius 1 is 1.50 bits per heavy atom. The normalized spacial score (nSPS) is 27.0. The second-order valence-corrected chi connectivity index (χ2v) is 5.11. The van der Waals surface area contributed by atoms with Crippen LogP contribution >= 0.6 is 0 Å². The van der Waals surface area contributed by atoms with E-state index >= 15 is 0 Å². The van der Waals surface area contributed by atoms with Crippen molar-refractivity contribution >= 4 is 18.6 Å². The minimum absolute atomic E-state index is 0.750. The van der Waals surface area contributed by atoms with Gasteiger partial charge < -0.3 is 0 Å². The molecule has 0 unspecified atom stereocenters. The fourth-order valence-corrected chi connectivity index (χ4v) is 1.50. The summed E-state index contributed by atoms with van der Waals surface area (Å²) in [6.45, 7) is 0. The highest BCUT2D eigenvalue weighted by Crippen LogP contribution is 1.97. The lowest BCUT2D eigenvalue weighted by Crippen LogP contribution is -1.81. The van der Waals surface area contributed by atoms with Gasteiger partial charge >= 0.3 is 8.80 Å². The van der Waals surface area contributed by atoms with E-state index < -0.39 is 8.80 Å². The van der Waals surface area contributed by atoms with Crippen LogP contribution in [0.25, 0.3) is 0 Å². The van der Waals surface area contributed by atoms with Crippen molar-refractivity contribution in [2.75, 3.05) is 0 Å². The molecule has 2 nitrogen and oxygen atoms in total. The van der Waals surface area contributed by atoms with Gasteiger partial charge in [-0.1, -0.05) is 0 Å². The maximum atomic E-state index is 4.41. The summed E-state index contributed by atoms with van der Waals surface area (Å²) in [6.07, 6.45) is 0. The number of rotatable bonds is 0. The minimum Gasteiger partial charge on any atom is -0.267 e. The van der Waals surface area contributed by atoms with E-state index in [4.69, 9.17) is 0 Å². The maximum absolute atomic E-state index is 4.41. The quantitative estimate of drug-likeness (QED) is 0.197. The average Bonchev–Trinajstić information content (AvgIpc) is 1.75. The monoisotopic (exact) mass is 92.0 g/mol. The molecule has 1 saturated heterocycles. The van der Waals surface area contributed by atoms with Gasteiger partial charge in [0.1, 0.15) is 0 Å². The van der Waals surface area contributed by atoms with Gasteiger partial charge in [-0.05, 0) is 0 Å². The summed E-state index contributed by atoms with van der Waals surface area (Å²) >= 11 is 0. The molecule has 24 valence electrons. The van der Waals surface area contributed by atoms with Crippen molar-refractivity contribution in [3.05, 3.63) is 0 Å². The molecule has 1 aliphatic rings. The smallest absolute Gasteiger partial charge is 0.267 e. The fourth-order valence-electron chi connectivity index (χ4n) is 0.0556. The molecule has 0 radical (unpaired) electrons. The van der Waals surface area contributed by atoms with Crippen molar-refractivity contribution in [2.24, 2.45) is 0 Å². The Labute approximate surface area is 28.7 Å². The first kappa shape index (κ1) is 2.58. The van der Waals surface area contributed by atoms with Crippen LogP contribution in [0.5, 0.6) is 0 Å². The van der Waals surface area contributed by atoms with Gasteiger partial charge in [-0.3, -0.25) is 9.15 Å². The Balaban J connectivity index is 2.17. The Kier molecular flexibility index (Phi) is 0.419. The van der Waals surface area contributed by atoms with Crippen molar-refractivity contribution in [3.63, 3.8) is 0 Å². The second-order valence-electron chi connectivity index (χ2n) is 0.760. The third-order valence-corrected chi connectivity index (χ3v) is 2.02. The van der Waals surface area contributed by atoms with E-state index in [9.17, 15) is 0 Å². The highest BCUT2D eigenvalue weighted by atomic mass is 29.2. The van der Waals surface area contributed by atoms with E-state index in [1.807, 2.05) is 0 Å². The van der Waals surface area contributed by atoms with Gasteiger partial charge in [0.15, 0.2) is 0 Å². The molecule has 4 heavy (non-hydrogen) atoms. The van der Waals surface area contributed by atoms with Crippen molar-refractivity contribution in [3.8, 4) is 0 Å². The number of hydrogen-bond acceptors (Lipinski definition) is 2. The van der Waals surface area contributed by atoms with Crippen molar-refractivity contribution in [1.82, 2.24) is 0 Å². The van der Waals surface area contributed by atoms with E-state index in [2.05, 4.69) is 9.15 Å². The van der Waals surface area contributed by atoms with Gasteiger partial charge in [0, 0.05) is 0 Å². The zero-order valence-corrected chi connectivity index (χ0v) is 5.55. The van der Waals surface area contributed by atoms with Crippen LogP contribution in [0.15, 0.2) is 0 Å². The summed E-state index contributed by atoms with van der Waals surface area (Å²) in [5.41, 5.74) is 0. The molecule has 1 heterocycles. The molecular weight excluding hydrogens is 88.2 g/mol. The summed E-state index contributed by atoms with van der Waals surface area (Å²) in [4.78, 5) is 0. The van der Waals surface area contributed by atoms with Crippen LogP contribution < -0.4 is 0 Å². The first-order chi connectivity index (χ1) is 1.89. The third-order valence-electron chi connectivity index (χ3n) is 0.289. The lowest BCUT2D eigenvalue weighted by molar-refractivity contribution is 0.0850. The third kappa shape index (κ3) is 0.384. The van der Waals surface area contributed by atoms with Crippen LogP contribution in [0, 0.1) is 0 Å². The highest BCUT2D eigenvalue weighted by Gasteiger charge is 2.20. The first-order valence-electron chi connectivity index (χ1n) is 1.22. The molecule has 1 rings (SSSR count). The molecular formula is H4O2Si2. The van der Waals surface area contributed by atoms with Gasteiger partial charge in [-0.15, -0.1) is 0 Å². The fraction of sp³-hybridized carbons (Fsp3) is 0. The largest absolute Gasteiger partial charge is 0.363 e. The van der Waals surface area contributed by atoms with Crippen LogP contribution in [0.3, 0.4) is 0 Å². The topological polar surface area (TPSA) is 25.1 Å². The lowest BCUT2D eigenvalue weighted by Gasteiger charge is -1.33. The van der Waals surface area contributed by atoms with Crippen molar-refractivity contribution in [1.29, 1.82) is 0 Å². The van der Waals surface area contributed by atoms with Crippen molar-refractivity contribution < 1.29 is 9.15 Å². The molecule has 4 heteroatoms. The summed E-state index contributed by atoms with van der Waals surface area (Å²) in [5, 5.41) is 0. The number of hydrogen-bond donors (Lipinski definition) is 0. The Morgan fingerprint density at radius 2 is 1.75 bits per heavy atom. The van der Waals surface area contributed by atoms with E-state index in [0.29, 0.717) is 0 Å². The van der Waals surface area contributed by atoms with Crippen LogP contribution in [0.1, 0.15) is 0 Å². The predicted octanol–water partition coefficient (Wildman–Crippen LogP) is -1.97. The second kappa shape index (κ2) is 0.648. The molecule has 0 aliphatic carbocycles. The molecule has 0 spiro atoms. The Bertz CT molecular complexity index is 23.2. The first-order valence-corrected chi connectivity index (χ1v) is 6.78. The van der Waals surface area contributed by atoms with Crippen molar-refractivity contribution in [2.45, 2.75) is 0 Å². The highest BCUT2D eigenvalue weighted by molar-refractivity contribution is 6.98. The lowest BCUT2D eigenvalue weighted by atomic mass is 15.0. The van der Waals surface area contributed by atoms with E-state index in [0.717, 1.165) is 9.76 Å². The molecule has 0 aromatic rings. The summed E-state index contributed by atoms with van der Waals surface area (Å²) in [6, 6.07) is 0. The minimum atomic E-state index is -0.750. The molecule has 0 amide bonds. The van der Waals surface area contributed by atoms with Gasteiger partial charge in [0.25, 0.3) is 0 Å². The molecule has 0 aromatic heterocycles. The Hall–Kier alpha value is 0.354. The SMILES string of the molecule is [SiH3][SiH]1OO1. The predicted molar refractivity (Wildman–Crippen MR) is 19.3 cm³/mol. The van der Waals surface area contributed by atoms with Crippen LogP contribution in [-0.2, 0) is 9.15 Å². The Morgan fingerprint density at radius 3 is 1.75 bits per heavy atom. The molecule has 0 atom stereocenters. The summed E-state index contributed by atoms with van der Waals surface area (Å²) in [5.74, 6) is 0.